The molecule has 0 aromatic carbocycles. The number of rotatable bonds is 1. The van der Waals surface area contributed by atoms with Gasteiger partial charge in [0.25, 0.3) is 0 Å². The van der Waals surface area contributed by atoms with Gasteiger partial charge in [-0.1, -0.05) is 0 Å². The van der Waals surface area contributed by atoms with Gasteiger partial charge in [-0.25, -0.2) is 4.98 Å². The summed E-state index contributed by atoms with van der Waals surface area (Å²) >= 11 is 0.875. The molecular formula is C5H4F3NS2. The lowest BCUT2D eigenvalue weighted by Crippen LogP contribution is -1.98. The molecule has 62 valence electrons. The average molecular weight is 199 g/mol. The quantitative estimate of drug-likeness (QED) is 0.645. The molecule has 6 heteroatoms. The molecule has 0 aliphatic rings. The summed E-state index contributed by atoms with van der Waals surface area (Å²) in [4.78, 5) is 4.35. The van der Waals surface area contributed by atoms with E-state index in [-0.39, 0.29) is 16.1 Å². The van der Waals surface area contributed by atoms with E-state index in [2.05, 4.69) is 4.98 Å². The monoisotopic (exact) mass is 199 g/mol. The third-order valence-corrected chi connectivity index (χ3v) is 2.52. The van der Waals surface area contributed by atoms with E-state index < -0.39 is 5.51 Å². The number of hydrogen-bond acceptors (Lipinski definition) is 3. The third-order valence-electron chi connectivity index (χ3n) is 0.803. The first-order chi connectivity index (χ1) is 4.97. The normalized spacial score (nSPS) is 12.0. The van der Waals surface area contributed by atoms with Gasteiger partial charge >= 0.3 is 5.51 Å². The van der Waals surface area contributed by atoms with Gasteiger partial charge in [0.1, 0.15) is 0 Å². The number of thioether (sulfide) groups is 1. The largest absolute Gasteiger partial charge is 0.448 e. The van der Waals surface area contributed by atoms with Crippen LogP contribution in [0.3, 0.4) is 0 Å². The van der Waals surface area contributed by atoms with Crippen LogP contribution in [0.2, 0.25) is 0 Å². The minimum atomic E-state index is -4.22. The van der Waals surface area contributed by atoms with Crippen LogP contribution in [0.15, 0.2) is 10.5 Å². The Hall–Kier alpha value is -0.230. The molecule has 1 rings (SSSR count). The Labute approximate surface area is 69.6 Å². The molecule has 0 saturated carbocycles. The van der Waals surface area contributed by atoms with Crippen LogP contribution in [0, 0.1) is 6.92 Å². The van der Waals surface area contributed by atoms with Crippen LogP contribution in [0.1, 0.15) is 4.88 Å². The van der Waals surface area contributed by atoms with Gasteiger partial charge in [-0.15, -0.1) is 11.3 Å². The topological polar surface area (TPSA) is 12.9 Å². The lowest BCUT2D eigenvalue weighted by atomic mass is 10.7. The maximum atomic E-state index is 11.7. The molecule has 1 aromatic heterocycles. The molecule has 1 aromatic rings. The molecular weight excluding hydrogens is 195 g/mol. The second-order valence-electron chi connectivity index (χ2n) is 1.78. The van der Waals surface area contributed by atoms with Gasteiger partial charge in [0, 0.05) is 22.8 Å². The third kappa shape index (κ3) is 3.11. The second kappa shape index (κ2) is 3.02. The number of halogens is 3. The molecule has 0 fully saturated rings. The first kappa shape index (κ1) is 8.86. The SMILES string of the molecule is Cc1cnc(SC(F)(F)F)s1. The van der Waals surface area contributed by atoms with E-state index in [1.165, 1.54) is 6.20 Å². The summed E-state index contributed by atoms with van der Waals surface area (Å²) < 4.78 is 35.1. The molecule has 0 N–H and O–H groups in total. The van der Waals surface area contributed by atoms with E-state index >= 15 is 0 Å². The van der Waals surface area contributed by atoms with Crippen LogP contribution in [0.4, 0.5) is 13.2 Å². The lowest BCUT2D eigenvalue weighted by molar-refractivity contribution is -0.0328. The molecule has 1 nitrogen and oxygen atoms in total. The lowest BCUT2D eigenvalue weighted by Gasteiger charge is -1.99. The number of alkyl halides is 3. The summed E-state index contributed by atoms with van der Waals surface area (Å²) in [7, 11) is 0. The Balaban J connectivity index is 2.65. The summed E-state index contributed by atoms with van der Waals surface area (Å²) in [5, 5.41) is 0. The Morgan fingerprint density at radius 2 is 2.18 bits per heavy atom. The maximum Gasteiger partial charge on any atom is 0.448 e. The van der Waals surface area contributed by atoms with Crippen molar-refractivity contribution >= 4 is 23.1 Å². The fourth-order valence-electron chi connectivity index (χ4n) is 0.480. The molecule has 1 heterocycles. The van der Waals surface area contributed by atoms with Crippen molar-refractivity contribution in [3.05, 3.63) is 11.1 Å². The van der Waals surface area contributed by atoms with E-state index in [0.29, 0.717) is 0 Å². The van der Waals surface area contributed by atoms with Gasteiger partial charge in [-0.05, 0) is 6.92 Å². The molecule has 0 spiro atoms. The van der Waals surface area contributed by atoms with Crippen molar-refractivity contribution in [2.75, 3.05) is 0 Å². The van der Waals surface area contributed by atoms with Gasteiger partial charge < -0.3 is 0 Å². The van der Waals surface area contributed by atoms with Crippen LogP contribution >= 0.6 is 23.1 Å². The van der Waals surface area contributed by atoms with Gasteiger partial charge in [-0.3, -0.25) is 0 Å². The molecule has 0 amide bonds. The van der Waals surface area contributed by atoms with E-state index in [1.807, 2.05) is 0 Å². The van der Waals surface area contributed by atoms with E-state index in [4.69, 9.17) is 0 Å². The molecule has 0 unspecified atom stereocenters. The highest BCUT2D eigenvalue weighted by atomic mass is 32.2. The first-order valence-electron chi connectivity index (χ1n) is 2.65. The van der Waals surface area contributed by atoms with Crippen LogP contribution in [0.25, 0.3) is 0 Å². The minimum absolute atomic E-state index is 0.0509. The highest BCUT2D eigenvalue weighted by Crippen LogP contribution is 2.38. The van der Waals surface area contributed by atoms with Crippen molar-refractivity contribution < 1.29 is 13.2 Å². The molecule has 0 aliphatic heterocycles. The molecule has 11 heavy (non-hydrogen) atoms. The standard InChI is InChI=1S/C5H4F3NS2/c1-3-2-9-4(10-3)11-5(6,7)8/h2H,1H3. The van der Waals surface area contributed by atoms with Crippen LogP contribution in [-0.4, -0.2) is 10.5 Å². The zero-order valence-corrected chi connectivity index (χ0v) is 7.11. The average Bonchev–Trinajstić information content (AvgIpc) is 2.10. The molecule has 0 atom stereocenters. The Kier molecular flexibility index (Phi) is 2.43. The fourth-order valence-corrected chi connectivity index (χ4v) is 2.11. The van der Waals surface area contributed by atoms with Gasteiger partial charge in [0.2, 0.25) is 0 Å². The summed E-state index contributed by atoms with van der Waals surface area (Å²) in [6.45, 7) is 1.72. The predicted octanol–water partition coefficient (Wildman–Crippen LogP) is 3.06. The molecule has 0 aliphatic carbocycles. The van der Waals surface area contributed by atoms with Crippen molar-refractivity contribution in [2.24, 2.45) is 0 Å². The molecule has 0 bridgehead atoms. The molecule has 0 radical (unpaired) electrons. The predicted molar refractivity (Wildman–Crippen MR) is 38.8 cm³/mol. The van der Waals surface area contributed by atoms with Crippen LogP contribution in [0.5, 0.6) is 0 Å². The number of aryl methyl sites for hydroxylation is 1. The highest BCUT2D eigenvalue weighted by molar-refractivity contribution is 8.01. The van der Waals surface area contributed by atoms with Crippen LogP contribution < -0.4 is 0 Å². The van der Waals surface area contributed by atoms with Crippen molar-refractivity contribution in [3.63, 3.8) is 0 Å². The maximum absolute atomic E-state index is 11.7. The number of nitrogens with zero attached hydrogens (tertiary/aromatic N) is 1. The van der Waals surface area contributed by atoms with Crippen LogP contribution in [-0.2, 0) is 0 Å². The fraction of sp³-hybridized carbons (Fsp3) is 0.400. The number of hydrogen-bond donors (Lipinski definition) is 0. The van der Waals surface area contributed by atoms with Crippen molar-refractivity contribution in [1.29, 1.82) is 0 Å². The van der Waals surface area contributed by atoms with E-state index in [0.717, 1.165) is 16.2 Å². The Morgan fingerprint density at radius 1 is 1.55 bits per heavy atom. The summed E-state index contributed by atoms with van der Waals surface area (Å²) in [5.41, 5.74) is -4.22. The van der Waals surface area contributed by atoms with Gasteiger partial charge in [0.05, 0.1) is 0 Å². The van der Waals surface area contributed by atoms with Crippen molar-refractivity contribution in [2.45, 2.75) is 16.8 Å². The number of thiazole rings is 1. The van der Waals surface area contributed by atoms with Crippen molar-refractivity contribution in [3.8, 4) is 0 Å². The molecule has 0 saturated heterocycles. The van der Waals surface area contributed by atoms with Gasteiger partial charge in [-0.2, -0.15) is 13.2 Å². The zero-order chi connectivity index (χ0) is 8.48. The van der Waals surface area contributed by atoms with Crippen molar-refractivity contribution in [1.82, 2.24) is 4.98 Å². The first-order valence-corrected chi connectivity index (χ1v) is 4.29. The van der Waals surface area contributed by atoms with E-state index in [9.17, 15) is 13.2 Å². The second-order valence-corrected chi connectivity index (χ2v) is 4.33. The highest BCUT2D eigenvalue weighted by Gasteiger charge is 2.30. The Morgan fingerprint density at radius 3 is 2.55 bits per heavy atom. The summed E-state index contributed by atoms with van der Waals surface area (Å²) in [5.74, 6) is 0. The minimum Gasteiger partial charge on any atom is -0.238 e. The number of aromatic nitrogens is 1. The van der Waals surface area contributed by atoms with Gasteiger partial charge in [0.15, 0.2) is 4.34 Å². The Bertz CT molecular complexity index is 242. The summed E-state index contributed by atoms with van der Waals surface area (Å²) in [6.07, 6.45) is 1.43. The summed E-state index contributed by atoms with van der Waals surface area (Å²) in [6, 6.07) is 0. The zero-order valence-electron chi connectivity index (χ0n) is 5.47. The smallest absolute Gasteiger partial charge is 0.238 e. The van der Waals surface area contributed by atoms with E-state index in [1.54, 1.807) is 6.92 Å².